The molecule has 0 radical (unpaired) electrons. The molecule has 0 spiro atoms. The van der Waals surface area contributed by atoms with E-state index < -0.39 is 21.8 Å². The van der Waals surface area contributed by atoms with Gasteiger partial charge in [0.1, 0.15) is 11.5 Å². The van der Waals surface area contributed by atoms with Crippen LogP contribution in [0.25, 0.3) is 0 Å². The van der Waals surface area contributed by atoms with Crippen molar-refractivity contribution in [3.8, 4) is 11.5 Å². The Morgan fingerprint density at radius 2 is 1.58 bits per heavy atom. The van der Waals surface area contributed by atoms with Gasteiger partial charge < -0.3 is 9.47 Å². The van der Waals surface area contributed by atoms with Crippen molar-refractivity contribution >= 4 is 27.5 Å². The molecule has 33 heavy (non-hydrogen) atoms. The molecule has 9 nitrogen and oxygen atoms in total. The molecule has 0 aliphatic rings. The number of hydrogen-bond acceptors (Lipinski definition) is 6. The van der Waals surface area contributed by atoms with Gasteiger partial charge in [-0.2, -0.15) is 0 Å². The summed E-state index contributed by atoms with van der Waals surface area (Å²) in [5, 5.41) is 0. The Balaban J connectivity index is 1.64. The number of benzene rings is 3. The van der Waals surface area contributed by atoms with Crippen molar-refractivity contribution in [2.45, 2.75) is 11.3 Å². The number of rotatable bonds is 8. The van der Waals surface area contributed by atoms with E-state index in [0.29, 0.717) is 11.5 Å². The van der Waals surface area contributed by atoms with Crippen molar-refractivity contribution in [3.05, 3.63) is 83.9 Å². The number of carbonyl (C=O) groups is 2. The lowest BCUT2D eigenvalue weighted by Crippen LogP contribution is -2.42. The van der Waals surface area contributed by atoms with E-state index in [1.54, 1.807) is 55.6 Å². The van der Waals surface area contributed by atoms with Gasteiger partial charge in [-0.1, -0.05) is 30.3 Å². The zero-order chi connectivity index (χ0) is 23.8. The fourth-order valence-corrected chi connectivity index (χ4v) is 4.02. The number of carbonyl (C=O) groups excluding carboxylic acids is 2. The first-order valence-electron chi connectivity index (χ1n) is 9.80. The van der Waals surface area contributed by atoms with Crippen LogP contribution in [0.1, 0.15) is 15.9 Å². The van der Waals surface area contributed by atoms with Gasteiger partial charge in [-0.15, -0.1) is 0 Å². The Morgan fingerprint density at radius 1 is 0.848 bits per heavy atom. The van der Waals surface area contributed by atoms with Crippen LogP contribution < -0.4 is 25.0 Å². The molecule has 3 rings (SSSR count). The molecular formula is C23H23N3O6S. The highest BCUT2D eigenvalue weighted by Crippen LogP contribution is 2.26. The molecule has 3 N–H and O–H groups in total. The second-order valence-corrected chi connectivity index (χ2v) is 8.54. The van der Waals surface area contributed by atoms with E-state index >= 15 is 0 Å². The number of hydrazine groups is 1. The van der Waals surface area contributed by atoms with Crippen molar-refractivity contribution in [1.29, 1.82) is 0 Å². The van der Waals surface area contributed by atoms with Crippen LogP contribution in [0.2, 0.25) is 0 Å². The van der Waals surface area contributed by atoms with Crippen LogP contribution >= 0.6 is 0 Å². The normalized spacial score (nSPS) is 10.7. The summed E-state index contributed by atoms with van der Waals surface area (Å²) in [6, 6.07) is 18.9. The summed E-state index contributed by atoms with van der Waals surface area (Å²) in [6.45, 7) is 0. The van der Waals surface area contributed by atoms with Crippen molar-refractivity contribution in [2.75, 3.05) is 18.9 Å². The molecule has 2 amide bonds. The lowest BCUT2D eigenvalue weighted by molar-refractivity contribution is -0.121. The number of para-hydroxylation sites is 2. The third-order valence-electron chi connectivity index (χ3n) is 4.60. The lowest BCUT2D eigenvalue weighted by Gasteiger charge is -2.12. The summed E-state index contributed by atoms with van der Waals surface area (Å²) in [5.74, 6) is -0.0698. The zero-order valence-electron chi connectivity index (χ0n) is 18.0. The van der Waals surface area contributed by atoms with Gasteiger partial charge in [-0.3, -0.25) is 25.2 Å². The van der Waals surface area contributed by atoms with E-state index in [1.807, 2.05) is 0 Å². The van der Waals surface area contributed by atoms with Gasteiger partial charge >= 0.3 is 0 Å². The molecule has 0 aromatic heterocycles. The van der Waals surface area contributed by atoms with Gasteiger partial charge in [0.25, 0.3) is 15.9 Å². The molecule has 0 unspecified atom stereocenters. The quantitative estimate of drug-likeness (QED) is 0.436. The second-order valence-electron chi connectivity index (χ2n) is 6.86. The fourth-order valence-electron chi connectivity index (χ4n) is 2.91. The van der Waals surface area contributed by atoms with E-state index in [9.17, 15) is 18.0 Å². The van der Waals surface area contributed by atoms with Gasteiger partial charge in [0.05, 0.1) is 31.2 Å². The summed E-state index contributed by atoms with van der Waals surface area (Å²) in [7, 11) is -1.01. The predicted octanol–water partition coefficient (Wildman–Crippen LogP) is 2.51. The maximum absolute atomic E-state index is 12.8. The van der Waals surface area contributed by atoms with Crippen LogP contribution in [0, 0.1) is 0 Å². The predicted molar refractivity (Wildman–Crippen MR) is 123 cm³/mol. The molecule has 0 aliphatic heterocycles. The summed E-state index contributed by atoms with van der Waals surface area (Å²) in [6.07, 6.45) is 0.0432. The Kier molecular flexibility index (Phi) is 7.52. The van der Waals surface area contributed by atoms with Crippen LogP contribution in [-0.2, 0) is 21.2 Å². The minimum absolute atomic E-state index is 0.0432. The van der Waals surface area contributed by atoms with E-state index in [0.717, 1.165) is 5.56 Å². The van der Waals surface area contributed by atoms with Crippen molar-refractivity contribution in [2.24, 2.45) is 0 Å². The molecule has 0 aliphatic carbocycles. The van der Waals surface area contributed by atoms with Crippen LogP contribution in [0.15, 0.2) is 77.7 Å². The number of nitrogens with one attached hydrogen (secondary N) is 3. The van der Waals surface area contributed by atoms with E-state index in [-0.39, 0.29) is 22.6 Å². The van der Waals surface area contributed by atoms with E-state index in [4.69, 9.17) is 9.47 Å². The summed E-state index contributed by atoms with van der Waals surface area (Å²) >= 11 is 0. The SMILES string of the molecule is COc1ccc(CC(=O)NNC(=O)c2cccc(S(=O)(=O)Nc3ccccc3OC)c2)cc1. The van der Waals surface area contributed by atoms with Gasteiger partial charge in [-0.25, -0.2) is 8.42 Å². The molecule has 0 fully saturated rings. The fraction of sp³-hybridized carbons (Fsp3) is 0.130. The van der Waals surface area contributed by atoms with Gasteiger partial charge in [0, 0.05) is 5.56 Å². The highest BCUT2D eigenvalue weighted by Gasteiger charge is 2.18. The molecule has 0 saturated heterocycles. The van der Waals surface area contributed by atoms with Crippen molar-refractivity contribution in [1.82, 2.24) is 10.9 Å². The third-order valence-corrected chi connectivity index (χ3v) is 5.96. The maximum atomic E-state index is 12.8. The largest absolute Gasteiger partial charge is 0.497 e. The monoisotopic (exact) mass is 469 g/mol. The standard InChI is InChI=1S/C23H23N3O6S/c1-31-18-12-10-16(11-13-18)14-22(27)24-25-23(28)17-6-5-7-19(15-17)33(29,30)26-20-8-3-4-9-21(20)32-2/h3-13,15,26H,14H2,1-2H3,(H,24,27)(H,25,28). The Morgan fingerprint density at radius 3 is 2.27 bits per heavy atom. The molecule has 3 aromatic rings. The Bertz CT molecular complexity index is 1240. The first-order chi connectivity index (χ1) is 15.8. The number of methoxy groups -OCH3 is 2. The average molecular weight is 470 g/mol. The molecule has 0 atom stereocenters. The molecule has 0 heterocycles. The molecule has 172 valence electrons. The van der Waals surface area contributed by atoms with Gasteiger partial charge in [-0.05, 0) is 48.0 Å². The number of hydrogen-bond donors (Lipinski definition) is 3. The number of sulfonamides is 1. The minimum Gasteiger partial charge on any atom is -0.497 e. The minimum atomic E-state index is -3.99. The van der Waals surface area contributed by atoms with Crippen LogP contribution in [0.4, 0.5) is 5.69 Å². The van der Waals surface area contributed by atoms with E-state index in [2.05, 4.69) is 15.6 Å². The third kappa shape index (κ3) is 6.23. The molecule has 0 saturated carbocycles. The summed E-state index contributed by atoms with van der Waals surface area (Å²) < 4.78 is 38.2. The smallest absolute Gasteiger partial charge is 0.269 e. The molecule has 0 bridgehead atoms. The second kappa shape index (κ2) is 10.5. The number of amides is 2. The highest BCUT2D eigenvalue weighted by atomic mass is 32.2. The number of ether oxygens (including phenoxy) is 2. The van der Waals surface area contributed by atoms with Crippen LogP contribution in [0.5, 0.6) is 11.5 Å². The Hall–Kier alpha value is -4.05. The van der Waals surface area contributed by atoms with E-state index in [1.165, 1.54) is 31.4 Å². The first-order valence-corrected chi connectivity index (χ1v) is 11.3. The van der Waals surface area contributed by atoms with Crippen LogP contribution in [-0.4, -0.2) is 34.5 Å². The van der Waals surface area contributed by atoms with Gasteiger partial charge in [0.15, 0.2) is 0 Å². The topological polar surface area (TPSA) is 123 Å². The molecular weight excluding hydrogens is 446 g/mol. The van der Waals surface area contributed by atoms with Crippen molar-refractivity contribution < 1.29 is 27.5 Å². The highest BCUT2D eigenvalue weighted by molar-refractivity contribution is 7.92. The van der Waals surface area contributed by atoms with Gasteiger partial charge in [0.2, 0.25) is 5.91 Å². The van der Waals surface area contributed by atoms with Crippen LogP contribution in [0.3, 0.4) is 0 Å². The number of anilines is 1. The summed E-state index contributed by atoms with van der Waals surface area (Å²) in [4.78, 5) is 24.4. The average Bonchev–Trinajstić information content (AvgIpc) is 2.83. The lowest BCUT2D eigenvalue weighted by atomic mass is 10.1. The Labute approximate surface area is 191 Å². The molecule has 3 aromatic carbocycles. The summed E-state index contributed by atoms with van der Waals surface area (Å²) in [5.41, 5.74) is 5.67. The first kappa shape index (κ1) is 23.6. The maximum Gasteiger partial charge on any atom is 0.269 e. The van der Waals surface area contributed by atoms with Crippen molar-refractivity contribution in [3.63, 3.8) is 0 Å². The molecule has 10 heteroatoms. The zero-order valence-corrected chi connectivity index (χ0v) is 18.8.